The van der Waals surface area contributed by atoms with Gasteiger partial charge < -0.3 is 24.9 Å². The van der Waals surface area contributed by atoms with Crippen molar-refractivity contribution in [2.45, 2.75) is 13.3 Å². The van der Waals surface area contributed by atoms with Crippen LogP contribution in [0.5, 0.6) is 0 Å². The molecule has 8 nitrogen and oxygen atoms in total. The number of benzene rings is 1. The fourth-order valence-corrected chi connectivity index (χ4v) is 2.47. The number of carboxylic acids is 1. The topological polar surface area (TPSA) is 105 Å². The van der Waals surface area contributed by atoms with E-state index in [0.29, 0.717) is 42.4 Å². The maximum absolute atomic E-state index is 11.3. The van der Waals surface area contributed by atoms with E-state index in [2.05, 4.69) is 32.0 Å². The van der Waals surface area contributed by atoms with Crippen molar-refractivity contribution < 1.29 is 19.4 Å². The van der Waals surface area contributed by atoms with Gasteiger partial charge in [-0.05, 0) is 18.2 Å². The molecule has 0 saturated carbocycles. The average molecular weight is 396 g/mol. The van der Waals surface area contributed by atoms with Crippen LogP contribution in [0.3, 0.4) is 0 Å². The summed E-state index contributed by atoms with van der Waals surface area (Å²) in [4.78, 5) is 31.2. The number of ether oxygens (including phenoxy) is 1. The zero-order valence-corrected chi connectivity index (χ0v) is 16.5. The van der Waals surface area contributed by atoms with E-state index in [0.717, 1.165) is 19.4 Å². The molecule has 1 aliphatic rings. The van der Waals surface area contributed by atoms with Crippen molar-refractivity contribution in [2.24, 2.45) is 0 Å². The Morgan fingerprint density at radius 2 is 1.86 bits per heavy atom. The van der Waals surface area contributed by atoms with Crippen molar-refractivity contribution >= 4 is 23.9 Å². The van der Waals surface area contributed by atoms with Gasteiger partial charge in [-0.3, -0.25) is 0 Å². The Bertz CT molecular complexity index is 882. The zero-order valence-electron chi connectivity index (χ0n) is 16.5. The molecule has 29 heavy (non-hydrogen) atoms. The molecule has 2 heterocycles. The average Bonchev–Trinajstić information content (AvgIpc) is 2.78. The number of aromatic carboxylic acids is 1. The standard InChI is InChI=1S/C18H18N4O3.C3H6O/c1-19-16-5-4-13(10-15(16)17(23)24)2-3-14-11-20-18(21-12-14)22-6-8-25-9-7-22;1-2-3-4/h4-5,10-12,19H,6-9H2,1H3,(H,23,24);3H,2H2,1H3. The summed E-state index contributed by atoms with van der Waals surface area (Å²) in [6, 6.07) is 5.02. The number of carboxylic acid groups (broad SMARTS) is 1. The van der Waals surface area contributed by atoms with Crippen LogP contribution in [0, 0.1) is 11.8 Å². The molecule has 1 aromatic carbocycles. The SMILES string of the molecule is CCC=O.CNc1ccc(C#Cc2cnc(N3CCOCC3)nc2)cc1C(=O)O. The Balaban J connectivity index is 0.000000687. The lowest BCUT2D eigenvalue weighted by Crippen LogP contribution is -2.37. The number of aromatic nitrogens is 2. The number of nitrogens with zero attached hydrogens (tertiary/aromatic N) is 3. The maximum atomic E-state index is 11.3. The Labute approximate surface area is 169 Å². The van der Waals surface area contributed by atoms with E-state index in [1.54, 1.807) is 37.6 Å². The van der Waals surface area contributed by atoms with E-state index in [1.165, 1.54) is 0 Å². The van der Waals surface area contributed by atoms with Gasteiger partial charge in [0, 0.05) is 50.2 Å². The van der Waals surface area contributed by atoms with Crippen LogP contribution in [-0.2, 0) is 9.53 Å². The Kier molecular flexibility index (Phi) is 8.60. The van der Waals surface area contributed by atoms with Gasteiger partial charge in [0.05, 0.1) is 24.3 Å². The lowest BCUT2D eigenvalue weighted by atomic mass is 10.1. The molecule has 0 spiro atoms. The minimum atomic E-state index is -0.994. The van der Waals surface area contributed by atoms with Gasteiger partial charge in [0.2, 0.25) is 5.95 Å². The summed E-state index contributed by atoms with van der Waals surface area (Å²) >= 11 is 0. The van der Waals surface area contributed by atoms with Crippen LogP contribution in [-0.4, -0.2) is 60.7 Å². The Morgan fingerprint density at radius 1 is 1.24 bits per heavy atom. The molecule has 0 radical (unpaired) electrons. The highest BCUT2D eigenvalue weighted by molar-refractivity contribution is 5.94. The molecule has 1 aliphatic heterocycles. The van der Waals surface area contributed by atoms with E-state index in [-0.39, 0.29) is 5.56 Å². The van der Waals surface area contributed by atoms with Crippen LogP contribution in [0.2, 0.25) is 0 Å². The molecular weight excluding hydrogens is 372 g/mol. The van der Waals surface area contributed by atoms with E-state index >= 15 is 0 Å². The normalized spacial score (nSPS) is 12.7. The largest absolute Gasteiger partial charge is 0.478 e. The molecule has 0 amide bonds. The molecule has 0 aliphatic carbocycles. The number of morpholine rings is 1. The van der Waals surface area contributed by atoms with E-state index in [1.807, 2.05) is 6.92 Å². The number of rotatable bonds is 4. The monoisotopic (exact) mass is 396 g/mol. The second-order valence-corrected chi connectivity index (χ2v) is 6.01. The highest BCUT2D eigenvalue weighted by atomic mass is 16.5. The molecule has 0 unspecified atom stereocenters. The number of nitrogens with one attached hydrogen (secondary N) is 1. The molecule has 0 atom stereocenters. The van der Waals surface area contributed by atoms with Crippen LogP contribution in [0.15, 0.2) is 30.6 Å². The third kappa shape index (κ3) is 6.59. The molecule has 2 N–H and O–H groups in total. The van der Waals surface area contributed by atoms with Gasteiger partial charge in [0.25, 0.3) is 0 Å². The molecule has 3 rings (SSSR count). The Morgan fingerprint density at radius 3 is 2.41 bits per heavy atom. The van der Waals surface area contributed by atoms with Crippen LogP contribution >= 0.6 is 0 Å². The van der Waals surface area contributed by atoms with Crippen molar-refractivity contribution in [3.63, 3.8) is 0 Å². The summed E-state index contributed by atoms with van der Waals surface area (Å²) in [6.45, 7) is 4.73. The van der Waals surface area contributed by atoms with Crippen LogP contribution in [0.1, 0.15) is 34.8 Å². The quantitative estimate of drug-likeness (QED) is 0.598. The Hall–Kier alpha value is -3.44. The molecule has 2 aromatic rings. The van der Waals surface area contributed by atoms with Crippen molar-refractivity contribution in [1.82, 2.24) is 9.97 Å². The summed E-state index contributed by atoms with van der Waals surface area (Å²) in [5.74, 6) is 5.59. The first-order valence-corrected chi connectivity index (χ1v) is 9.24. The van der Waals surface area contributed by atoms with Gasteiger partial charge in [0.1, 0.15) is 6.29 Å². The number of anilines is 2. The van der Waals surface area contributed by atoms with Crippen LogP contribution < -0.4 is 10.2 Å². The molecule has 152 valence electrons. The number of aldehydes is 1. The first-order chi connectivity index (χ1) is 14.1. The van der Waals surface area contributed by atoms with Gasteiger partial charge in [-0.15, -0.1) is 0 Å². The van der Waals surface area contributed by atoms with Crippen molar-refractivity contribution in [3.8, 4) is 11.8 Å². The summed E-state index contributed by atoms with van der Waals surface area (Å²) in [7, 11) is 1.68. The van der Waals surface area contributed by atoms with Gasteiger partial charge in [0.15, 0.2) is 0 Å². The summed E-state index contributed by atoms with van der Waals surface area (Å²) in [5.41, 5.74) is 2.03. The lowest BCUT2D eigenvalue weighted by Gasteiger charge is -2.26. The fourth-order valence-electron chi connectivity index (χ4n) is 2.47. The highest BCUT2D eigenvalue weighted by Crippen LogP contribution is 2.17. The number of carbonyl (C=O) groups is 2. The zero-order chi connectivity index (χ0) is 21.1. The number of carbonyl (C=O) groups excluding carboxylic acids is 1. The third-order valence-corrected chi connectivity index (χ3v) is 3.97. The van der Waals surface area contributed by atoms with Crippen LogP contribution in [0.4, 0.5) is 11.6 Å². The lowest BCUT2D eigenvalue weighted by molar-refractivity contribution is -0.107. The van der Waals surface area contributed by atoms with Crippen molar-refractivity contribution in [3.05, 3.63) is 47.3 Å². The predicted octanol–water partition coefficient (Wildman–Crippen LogP) is 2.05. The van der Waals surface area contributed by atoms with Gasteiger partial charge in [-0.2, -0.15) is 0 Å². The predicted molar refractivity (Wildman–Crippen MR) is 110 cm³/mol. The molecule has 1 saturated heterocycles. The third-order valence-electron chi connectivity index (χ3n) is 3.97. The molecule has 1 fully saturated rings. The van der Waals surface area contributed by atoms with Crippen LogP contribution in [0.25, 0.3) is 0 Å². The first-order valence-electron chi connectivity index (χ1n) is 9.24. The maximum Gasteiger partial charge on any atom is 0.337 e. The van der Waals surface area contributed by atoms with E-state index in [9.17, 15) is 14.7 Å². The molecule has 0 bridgehead atoms. The smallest absolute Gasteiger partial charge is 0.337 e. The fraction of sp³-hybridized carbons (Fsp3) is 0.333. The van der Waals surface area contributed by atoms with Gasteiger partial charge in [-0.25, -0.2) is 14.8 Å². The van der Waals surface area contributed by atoms with Crippen molar-refractivity contribution in [1.29, 1.82) is 0 Å². The van der Waals surface area contributed by atoms with E-state index < -0.39 is 5.97 Å². The summed E-state index contributed by atoms with van der Waals surface area (Å²) in [5, 5.41) is 12.1. The van der Waals surface area contributed by atoms with Gasteiger partial charge in [-0.1, -0.05) is 18.8 Å². The van der Waals surface area contributed by atoms with Gasteiger partial charge >= 0.3 is 5.97 Å². The van der Waals surface area contributed by atoms with E-state index in [4.69, 9.17) is 4.74 Å². The number of hydrogen-bond donors (Lipinski definition) is 2. The minimum absolute atomic E-state index is 0.188. The first kappa shape index (κ1) is 21.9. The molecular formula is C21H24N4O4. The molecule has 8 heteroatoms. The summed E-state index contributed by atoms with van der Waals surface area (Å²) < 4.78 is 5.31. The van der Waals surface area contributed by atoms with Crippen molar-refractivity contribution in [2.75, 3.05) is 43.6 Å². The second kappa shape index (κ2) is 11.4. The molecule has 1 aromatic heterocycles. The minimum Gasteiger partial charge on any atom is -0.478 e. The highest BCUT2D eigenvalue weighted by Gasteiger charge is 2.13. The number of hydrogen-bond acceptors (Lipinski definition) is 7. The summed E-state index contributed by atoms with van der Waals surface area (Å²) in [6.07, 6.45) is 4.86. The second-order valence-electron chi connectivity index (χ2n) is 6.01.